The van der Waals surface area contributed by atoms with Crippen LogP contribution < -0.4 is 5.32 Å². The van der Waals surface area contributed by atoms with Gasteiger partial charge < -0.3 is 14.8 Å². The minimum atomic E-state index is -0.791. The van der Waals surface area contributed by atoms with Crippen LogP contribution in [0.15, 0.2) is 18.2 Å². The Morgan fingerprint density at radius 2 is 2.00 bits per heavy atom. The Hall–Kier alpha value is -3.55. The first-order valence-corrected chi connectivity index (χ1v) is 11.3. The largest absolute Gasteiger partial charge is 0.452 e. The number of imide groups is 1. The lowest BCUT2D eigenvalue weighted by molar-refractivity contribution is -0.119. The van der Waals surface area contributed by atoms with Gasteiger partial charge in [0.15, 0.2) is 6.61 Å². The number of anilines is 1. The summed E-state index contributed by atoms with van der Waals surface area (Å²) in [5.74, 6) is -2.24. The first-order chi connectivity index (χ1) is 15.9. The number of nitrogens with zero attached hydrogens (tertiary/aromatic N) is 2. The molecule has 2 aliphatic rings. The molecule has 9 nitrogen and oxygen atoms in total. The quantitative estimate of drug-likeness (QED) is 0.359. The molecule has 1 aromatic carbocycles. The molecule has 1 aliphatic heterocycles. The molecule has 33 heavy (non-hydrogen) atoms. The maximum Gasteiger partial charge on any atom is 0.338 e. The first kappa shape index (κ1) is 22.6. The summed E-state index contributed by atoms with van der Waals surface area (Å²) >= 11 is 1.38. The fourth-order valence-electron chi connectivity index (χ4n) is 3.98. The number of hydrogen-bond donors (Lipinski definition) is 1. The van der Waals surface area contributed by atoms with Crippen LogP contribution in [0.3, 0.4) is 0 Å². The van der Waals surface area contributed by atoms with Gasteiger partial charge in [0.25, 0.3) is 17.7 Å². The molecule has 170 valence electrons. The molecule has 0 bridgehead atoms. The Bertz CT molecular complexity index is 1200. The highest BCUT2D eigenvalue weighted by Crippen LogP contribution is 2.38. The van der Waals surface area contributed by atoms with Gasteiger partial charge in [-0.05, 0) is 49.4 Å². The Kier molecular flexibility index (Phi) is 6.53. The lowest BCUT2D eigenvalue weighted by atomic mass is 10.1. The van der Waals surface area contributed by atoms with E-state index in [1.165, 1.54) is 36.6 Å². The van der Waals surface area contributed by atoms with Crippen molar-refractivity contribution in [2.75, 3.05) is 32.2 Å². The number of ether oxygens (including phenoxy) is 2. The zero-order chi connectivity index (χ0) is 23.5. The summed E-state index contributed by atoms with van der Waals surface area (Å²) in [5.41, 5.74) is 1.88. The molecule has 4 rings (SSSR count). The third-order valence-electron chi connectivity index (χ3n) is 5.56. The van der Waals surface area contributed by atoms with Gasteiger partial charge in [0.1, 0.15) is 11.1 Å². The lowest BCUT2D eigenvalue weighted by Crippen LogP contribution is -2.31. The molecule has 2 heterocycles. The number of rotatable bonds is 8. The Morgan fingerprint density at radius 3 is 2.76 bits per heavy atom. The van der Waals surface area contributed by atoms with Gasteiger partial charge in [-0.15, -0.1) is 11.3 Å². The second kappa shape index (κ2) is 9.52. The van der Waals surface area contributed by atoms with Crippen molar-refractivity contribution in [3.8, 4) is 6.07 Å². The summed E-state index contributed by atoms with van der Waals surface area (Å²) in [6.07, 6.45) is 3.22. The van der Waals surface area contributed by atoms with Crippen molar-refractivity contribution >= 4 is 40.0 Å². The van der Waals surface area contributed by atoms with Gasteiger partial charge in [-0.2, -0.15) is 5.26 Å². The number of hydrogen-bond acceptors (Lipinski definition) is 8. The third-order valence-corrected chi connectivity index (χ3v) is 6.76. The van der Waals surface area contributed by atoms with E-state index >= 15 is 0 Å². The molecule has 3 amide bonds. The van der Waals surface area contributed by atoms with Gasteiger partial charge in [-0.25, -0.2) is 4.79 Å². The second-order valence-corrected chi connectivity index (χ2v) is 8.77. The maximum absolute atomic E-state index is 12.6. The predicted molar refractivity (Wildman–Crippen MR) is 118 cm³/mol. The zero-order valence-electron chi connectivity index (χ0n) is 17.9. The first-order valence-electron chi connectivity index (χ1n) is 10.5. The van der Waals surface area contributed by atoms with Crippen LogP contribution in [-0.4, -0.2) is 55.5 Å². The standard InChI is InChI=1S/C23H21N3O6S/c1-31-9-3-8-26-21(28)15-7-6-13(10-16(15)22(26)29)23(30)32-12-19(27)25-20-17(11-24)14-4-2-5-18(14)33-20/h6-7,10H,2-5,8-9,12H2,1H3,(H,25,27). The molecule has 0 fully saturated rings. The normalized spacial score (nSPS) is 14.1. The summed E-state index contributed by atoms with van der Waals surface area (Å²) in [6.45, 7) is 0.0906. The average molecular weight is 468 g/mol. The van der Waals surface area contributed by atoms with Gasteiger partial charge in [0, 0.05) is 25.1 Å². The van der Waals surface area contributed by atoms with Crippen LogP contribution in [0.2, 0.25) is 0 Å². The topological polar surface area (TPSA) is 126 Å². The molecule has 0 saturated carbocycles. The molecule has 0 saturated heterocycles. The van der Waals surface area contributed by atoms with Crippen LogP contribution in [0.1, 0.15) is 59.9 Å². The van der Waals surface area contributed by atoms with Gasteiger partial charge in [0.2, 0.25) is 0 Å². The predicted octanol–water partition coefficient (Wildman–Crippen LogP) is 2.54. The number of nitriles is 1. The summed E-state index contributed by atoms with van der Waals surface area (Å²) in [6, 6.07) is 6.25. The summed E-state index contributed by atoms with van der Waals surface area (Å²) < 4.78 is 10.0. The van der Waals surface area contributed by atoms with Crippen LogP contribution in [0.5, 0.6) is 0 Å². The minimum absolute atomic E-state index is 0.0641. The van der Waals surface area contributed by atoms with E-state index in [2.05, 4.69) is 11.4 Å². The van der Waals surface area contributed by atoms with Crippen LogP contribution in [0, 0.1) is 11.3 Å². The van der Waals surface area contributed by atoms with E-state index in [1.54, 1.807) is 0 Å². The van der Waals surface area contributed by atoms with Crippen molar-refractivity contribution in [3.05, 3.63) is 50.9 Å². The van der Waals surface area contributed by atoms with E-state index in [0.29, 0.717) is 23.6 Å². The van der Waals surface area contributed by atoms with Crippen LogP contribution in [-0.2, 0) is 27.1 Å². The number of aryl methyl sites for hydroxylation is 1. The number of thiophene rings is 1. The fraction of sp³-hybridized carbons (Fsp3) is 0.348. The summed E-state index contributed by atoms with van der Waals surface area (Å²) in [7, 11) is 1.54. The number of amides is 3. The van der Waals surface area contributed by atoms with E-state index in [4.69, 9.17) is 9.47 Å². The molecule has 2 aromatic rings. The van der Waals surface area contributed by atoms with Gasteiger partial charge in [0.05, 0.1) is 22.3 Å². The summed E-state index contributed by atoms with van der Waals surface area (Å²) in [4.78, 5) is 52.0. The number of carbonyl (C=O) groups is 4. The van der Waals surface area contributed by atoms with E-state index < -0.39 is 30.3 Å². The minimum Gasteiger partial charge on any atom is -0.452 e. The van der Waals surface area contributed by atoms with Crippen molar-refractivity contribution in [3.63, 3.8) is 0 Å². The Morgan fingerprint density at radius 1 is 1.21 bits per heavy atom. The maximum atomic E-state index is 12.6. The van der Waals surface area contributed by atoms with E-state index in [9.17, 15) is 24.4 Å². The van der Waals surface area contributed by atoms with Crippen molar-refractivity contribution in [1.82, 2.24) is 4.90 Å². The molecular weight excluding hydrogens is 446 g/mol. The second-order valence-electron chi connectivity index (χ2n) is 7.67. The monoisotopic (exact) mass is 467 g/mol. The van der Waals surface area contributed by atoms with Crippen LogP contribution >= 0.6 is 11.3 Å². The van der Waals surface area contributed by atoms with Crippen molar-refractivity contribution in [2.24, 2.45) is 0 Å². The molecule has 0 unspecified atom stereocenters. The van der Waals surface area contributed by atoms with Gasteiger partial charge >= 0.3 is 5.97 Å². The highest BCUT2D eigenvalue weighted by atomic mass is 32.1. The fourth-order valence-corrected chi connectivity index (χ4v) is 5.23. The van der Waals surface area contributed by atoms with E-state index in [1.807, 2.05) is 0 Å². The average Bonchev–Trinajstić information content (AvgIpc) is 3.45. The number of esters is 1. The summed E-state index contributed by atoms with van der Waals surface area (Å²) in [5, 5.41) is 12.5. The molecule has 10 heteroatoms. The van der Waals surface area contributed by atoms with Crippen LogP contribution in [0.4, 0.5) is 5.00 Å². The number of fused-ring (bicyclic) bond motifs is 2. The van der Waals surface area contributed by atoms with Gasteiger partial charge in [-0.1, -0.05) is 0 Å². The molecule has 0 spiro atoms. The van der Waals surface area contributed by atoms with Crippen molar-refractivity contribution in [1.29, 1.82) is 5.26 Å². The molecule has 1 aromatic heterocycles. The lowest BCUT2D eigenvalue weighted by Gasteiger charge is -2.12. The zero-order valence-corrected chi connectivity index (χ0v) is 18.8. The molecule has 1 aliphatic carbocycles. The molecule has 1 N–H and O–H groups in total. The molecule has 0 radical (unpaired) electrons. The number of carbonyl (C=O) groups excluding carboxylic acids is 4. The molecular formula is C23H21N3O6S. The van der Waals surface area contributed by atoms with Crippen LogP contribution in [0.25, 0.3) is 0 Å². The highest BCUT2D eigenvalue weighted by molar-refractivity contribution is 7.16. The third kappa shape index (κ3) is 4.37. The van der Waals surface area contributed by atoms with E-state index in [0.717, 1.165) is 34.6 Å². The Labute approximate surface area is 193 Å². The number of nitrogens with one attached hydrogen (secondary N) is 1. The molecule has 0 atom stereocenters. The van der Waals surface area contributed by atoms with Crippen molar-refractivity contribution in [2.45, 2.75) is 25.7 Å². The smallest absolute Gasteiger partial charge is 0.338 e. The van der Waals surface area contributed by atoms with Gasteiger partial charge in [-0.3, -0.25) is 19.3 Å². The number of benzene rings is 1. The van der Waals surface area contributed by atoms with Crippen molar-refractivity contribution < 1.29 is 28.7 Å². The number of methoxy groups -OCH3 is 1. The Balaban J connectivity index is 1.37. The van der Waals surface area contributed by atoms with E-state index in [-0.39, 0.29) is 23.2 Å². The SMILES string of the molecule is COCCCN1C(=O)c2ccc(C(=O)OCC(=O)Nc3sc4c(c3C#N)CCC4)cc2C1=O. The highest BCUT2D eigenvalue weighted by Gasteiger charge is 2.35.